The summed E-state index contributed by atoms with van der Waals surface area (Å²) in [5.74, 6) is 1.98. The fourth-order valence-electron chi connectivity index (χ4n) is 3.22. The molecule has 1 aliphatic rings. The average Bonchev–Trinajstić information content (AvgIpc) is 3.16. The highest BCUT2D eigenvalue weighted by Gasteiger charge is 2.37. The largest absolute Gasteiger partial charge is 0.394 e. The van der Waals surface area contributed by atoms with Gasteiger partial charge in [-0.25, -0.2) is 0 Å². The first-order chi connectivity index (χ1) is 11.1. The molecule has 1 unspecified atom stereocenters. The highest BCUT2D eigenvalue weighted by molar-refractivity contribution is 5.38. The van der Waals surface area contributed by atoms with Gasteiger partial charge in [-0.3, -0.25) is 5.32 Å². The van der Waals surface area contributed by atoms with Gasteiger partial charge in [-0.15, -0.1) is 0 Å². The Hall–Kier alpha value is -1.72. The van der Waals surface area contributed by atoms with Crippen molar-refractivity contribution in [3.63, 3.8) is 0 Å². The Kier molecular flexibility index (Phi) is 4.78. The standard InChI is InChI=1S/C18H25N3O2/c1-13(2)7-8-16-20-17(23-21-16)11-19-18(12-22)10-9-14-5-3-4-6-15(14)18/h3-6,13,19,22H,7-12H2,1-2H3. The van der Waals surface area contributed by atoms with E-state index in [1.165, 1.54) is 11.1 Å². The van der Waals surface area contributed by atoms with E-state index >= 15 is 0 Å². The van der Waals surface area contributed by atoms with Gasteiger partial charge in [-0.1, -0.05) is 43.3 Å². The van der Waals surface area contributed by atoms with Gasteiger partial charge in [0.05, 0.1) is 18.7 Å². The molecule has 1 aromatic heterocycles. The zero-order chi connectivity index (χ0) is 16.3. The molecule has 1 heterocycles. The minimum atomic E-state index is -0.400. The maximum absolute atomic E-state index is 9.96. The van der Waals surface area contributed by atoms with Crippen LogP contribution in [0.2, 0.25) is 0 Å². The molecule has 5 heteroatoms. The van der Waals surface area contributed by atoms with Gasteiger partial charge in [0.25, 0.3) is 0 Å². The van der Waals surface area contributed by atoms with Gasteiger partial charge in [-0.2, -0.15) is 4.98 Å². The molecule has 5 nitrogen and oxygen atoms in total. The van der Waals surface area contributed by atoms with Crippen molar-refractivity contribution in [1.29, 1.82) is 0 Å². The SMILES string of the molecule is CC(C)CCc1noc(CNC2(CO)CCc3ccccc32)n1. The molecule has 0 saturated heterocycles. The van der Waals surface area contributed by atoms with E-state index in [1.807, 2.05) is 12.1 Å². The van der Waals surface area contributed by atoms with Gasteiger partial charge >= 0.3 is 0 Å². The van der Waals surface area contributed by atoms with Gasteiger partial charge in [0.2, 0.25) is 5.89 Å². The molecule has 1 atom stereocenters. The molecule has 0 saturated carbocycles. The molecular weight excluding hydrogens is 290 g/mol. The number of rotatable bonds is 7. The summed E-state index contributed by atoms with van der Waals surface area (Å²) in [5, 5.41) is 17.4. The first-order valence-corrected chi connectivity index (χ1v) is 8.39. The predicted molar refractivity (Wildman–Crippen MR) is 87.8 cm³/mol. The van der Waals surface area contributed by atoms with Crippen LogP contribution in [-0.2, 0) is 24.9 Å². The summed E-state index contributed by atoms with van der Waals surface area (Å²) >= 11 is 0. The van der Waals surface area contributed by atoms with Gasteiger partial charge in [0.15, 0.2) is 5.82 Å². The topological polar surface area (TPSA) is 71.2 Å². The van der Waals surface area contributed by atoms with E-state index in [0.29, 0.717) is 18.4 Å². The number of hydrogen-bond acceptors (Lipinski definition) is 5. The van der Waals surface area contributed by atoms with Crippen LogP contribution in [0.4, 0.5) is 0 Å². The zero-order valence-corrected chi connectivity index (χ0v) is 13.9. The summed E-state index contributed by atoms with van der Waals surface area (Å²) in [6, 6.07) is 8.29. The molecule has 124 valence electrons. The molecule has 1 aromatic carbocycles. The molecule has 0 amide bonds. The Morgan fingerprint density at radius 3 is 2.96 bits per heavy atom. The number of hydrogen-bond donors (Lipinski definition) is 2. The number of aromatic nitrogens is 2. The molecule has 1 aliphatic carbocycles. The molecule has 23 heavy (non-hydrogen) atoms. The van der Waals surface area contributed by atoms with Crippen molar-refractivity contribution >= 4 is 0 Å². The van der Waals surface area contributed by atoms with Crippen molar-refractivity contribution in [2.75, 3.05) is 6.61 Å². The molecule has 0 radical (unpaired) electrons. The van der Waals surface area contributed by atoms with Crippen LogP contribution >= 0.6 is 0 Å². The van der Waals surface area contributed by atoms with E-state index in [1.54, 1.807) is 0 Å². The quantitative estimate of drug-likeness (QED) is 0.822. The third-order valence-electron chi connectivity index (χ3n) is 4.66. The fourth-order valence-corrected chi connectivity index (χ4v) is 3.22. The van der Waals surface area contributed by atoms with Crippen LogP contribution < -0.4 is 5.32 Å². The molecule has 2 aromatic rings. The summed E-state index contributed by atoms with van der Waals surface area (Å²) in [6.07, 6.45) is 3.76. The molecule has 0 spiro atoms. The number of aliphatic hydroxyl groups is 1. The van der Waals surface area contributed by atoms with Gasteiger partial charge in [0, 0.05) is 6.42 Å². The molecule has 0 aliphatic heterocycles. The van der Waals surface area contributed by atoms with E-state index in [9.17, 15) is 5.11 Å². The van der Waals surface area contributed by atoms with Crippen molar-refractivity contribution in [2.24, 2.45) is 5.92 Å². The molecule has 0 fully saturated rings. The van der Waals surface area contributed by atoms with Gasteiger partial charge in [0.1, 0.15) is 0 Å². The zero-order valence-electron chi connectivity index (χ0n) is 13.9. The summed E-state index contributed by atoms with van der Waals surface area (Å²) in [4.78, 5) is 4.44. The Bertz CT molecular complexity index is 653. The van der Waals surface area contributed by atoms with Crippen LogP contribution in [0, 0.1) is 5.92 Å². The second kappa shape index (κ2) is 6.81. The molecule has 0 bridgehead atoms. The number of nitrogens with one attached hydrogen (secondary N) is 1. The number of nitrogens with zero attached hydrogens (tertiary/aromatic N) is 2. The lowest BCUT2D eigenvalue weighted by Crippen LogP contribution is -2.43. The van der Waals surface area contributed by atoms with Crippen molar-refractivity contribution in [3.8, 4) is 0 Å². The first kappa shape index (κ1) is 16.1. The maximum atomic E-state index is 9.96. The van der Waals surface area contributed by atoms with Crippen LogP contribution in [0.5, 0.6) is 0 Å². The highest BCUT2D eigenvalue weighted by atomic mass is 16.5. The smallest absolute Gasteiger partial charge is 0.240 e. The summed E-state index contributed by atoms with van der Waals surface area (Å²) < 4.78 is 5.33. The Morgan fingerprint density at radius 2 is 2.17 bits per heavy atom. The van der Waals surface area contributed by atoms with Crippen LogP contribution in [0.25, 0.3) is 0 Å². The van der Waals surface area contributed by atoms with Crippen molar-refractivity contribution in [3.05, 3.63) is 47.1 Å². The summed E-state index contributed by atoms with van der Waals surface area (Å²) in [6.45, 7) is 4.91. The van der Waals surface area contributed by atoms with Crippen LogP contribution in [0.1, 0.15) is 49.5 Å². The number of fused-ring (bicyclic) bond motifs is 1. The number of benzene rings is 1. The molecule has 3 rings (SSSR count). The molecular formula is C18H25N3O2. The maximum Gasteiger partial charge on any atom is 0.240 e. The minimum Gasteiger partial charge on any atom is -0.394 e. The lowest BCUT2D eigenvalue weighted by Gasteiger charge is -2.29. The summed E-state index contributed by atoms with van der Waals surface area (Å²) in [7, 11) is 0. The monoisotopic (exact) mass is 315 g/mol. The van der Waals surface area contributed by atoms with E-state index in [0.717, 1.165) is 31.5 Å². The lowest BCUT2D eigenvalue weighted by atomic mass is 9.92. The van der Waals surface area contributed by atoms with Crippen molar-refractivity contribution in [1.82, 2.24) is 15.5 Å². The van der Waals surface area contributed by atoms with E-state index in [-0.39, 0.29) is 6.61 Å². The second-order valence-corrected chi connectivity index (χ2v) is 6.79. The Labute approximate surface area is 137 Å². The van der Waals surface area contributed by atoms with Crippen LogP contribution in [0.3, 0.4) is 0 Å². The third kappa shape index (κ3) is 3.46. The number of aliphatic hydroxyl groups excluding tert-OH is 1. The van der Waals surface area contributed by atoms with Crippen molar-refractivity contribution < 1.29 is 9.63 Å². The van der Waals surface area contributed by atoms with Crippen LogP contribution in [-0.4, -0.2) is 21.9 Å². The third-order valence-corrected chi connectivity index (χ3v) is 4.66. The summed E-state index contributed by atoms with van der Waals surface area (Å²) in [5.41, 5.74) is 2.09. The highest BCUT2D eigenvalue weighted by Crippen LogP contribution is 2.36. The van der Waals surface area contributed by atoms with E-state index < -0.39 is 5.54 Å². The lowest BCUT2D eigenvalue weighted by molar-refractivity contribution is 0.154. The predicted octanol–water partition coefficient (Wildman–Crippen LogP) is 2.58. The van der Waals surface area contributed by atoms with Gasteiger partial charge in [-0.05, 0) is 36.3 Å². The van der Waals surface area contributed by atoms with E-state index in [4.69, 9.17) is 4.52 Å². The fraction of sp³-hybridized carbons (Fsp3) is 0.556. The Balaban J connectivity index is 1.65. The first-order valence-electron chi connectivity index (χ1n) is 8.39. The van der Waals surface area contributed by atoms with E-state index in [2.05, 4.69) is 41.4 Å². The minimum absolute atomic E-state index is 0.0678. The van der Waals surface area contributed by atoms with Crippen LogP contribution in [0.15, 0.2) is 28.8 Å². The average molecular weight is 315 g/mol. The van der Waals surface area contributed by atoms with Crippen molar-refractivity contribution in [2.45, 2.75) is 51.6 Å². The normalized spacial score (nSPS) is 20.2. The Morgan fingerprint density at radius 1 is 1.35 bits per heavy atom. The number of aryl methyl sites for hydroxylation is 2. The van der Waals surface area contributed by atoms with Gasteiger partial charge < -0.3 is 9.63 Å². The molecule has 2 N–H and O–H groups in total. The second-order valence-electron chi connectivity index (χ2n) is 6.79.